The Labute approximate surface area is 80.5 Å². The summed E-state index contributed by atoms with van der Waals surface area (Å²) in [5, 5.41) is 13.0. The number of nitrogens with zero attached hydrogens (tertiary/aromatic N) is 2. The SMILES string of the molecule is CCCn1ncc(Br)c1CCO. The Morgan fingerprint density at radius 2 is 2.42 bits per heavy atom. The summed E-state index contributed by atoms with van der Waals surface area (Å²) in [7, 11) is 0. The molecule has 0 aliphatic rings. The zero-order valence-corrected chi connectivity index (χ0v) is 8.71. The number of aromatic nitrogens is 2. The van der Waals surface area contributed by atoms with Crippen LogP contribution in [0.1, 0.15) is 19.0 Å². The van der Waals surface area contributed by atoms with Gasteiger partial charge in [-0.1, -0.05) is 6.92 Å². The molecule has 1 aromatic heterocycles. The normalized spacial score (nSPS) is 10.6. The number of hydrogen-bond acceptors (Lipinski definition) is 2. The lowest BCUT2D eigenvalue weighted by Gasteiger charge is -2.04. The molecule has 1 N–H and O–H groups in total. The van der Waals surface area contributed by atoms with E-state index in [1.54, 1.807) is 6.20 Å². The minimum absolute atomic E-state index is 0.175. The van der Waals surface area contributed by atoms with Crippen LogP contribution < -0.4 is 0 Å². The van der Waals surface area contributed by atoms with Gasteiger partial charge in [0, 0.05) is 19.6 Å². The molecule has 0 fully saturated rings. The Balaban J connectivity index is 2.80. The predicted molar refractivity (Wildman–Crippen MR) is 51.0 cm³/mol. The number of aliphatic hydroxyl groups excluding tert-OH is 1. The molecule has 0 radical (unpaired) electrons. The van der Waals surface area contributed by atoms with E-state index in [9.17, 15) is 0 Å². The van der Waals surface area contributed by atoms with Crippen LogP contribution in [0.4, 0.5) is 0 Å². The summed E-state index contributed by atoms with van der Waals surface area (Å²) in [4.78, 5) is 0. The quantitative estimate of drug-likeness (QED) is 0.857. The highest BCUT2D eigenvalue weighted by atomic mass is 79.9. The molecule has 0 bridgehead atoms. The van der Waals surface area contributed by atoms with E-state index in [1.165, 1.54) is 0 Å². The van der Waals surface area contributed by atoms with E-state index in [4.69, 9.17) is 5.11 Å². The van der Waals surface area contributed by atoms with Gasteiger partial charge in [-0.25, -0.2) is 0 Å². The van der Waals surface area contributed by atoms with Gasteiger partial charge in [0.1, 0.15) is 0 Å². The fraction of sp³-hybridized carbons (Fsp3) is 0.625. The van der Waals surface area contributed by atoms with Crippen LogP contribution in [0.15, 0.2) is 10.7 Å². The Morgan fingerprint density at radius 3 is 3.00 bits per heavy atom. The maximum Gasteiger partial charge on any atom is 0.0635 e. The molecule has 3 nitrogen and oxygen atoms in total. The Bertz CT molecular complexity index is 247. The van der Waals surface area contributed by atoms with E-state index in [-0.39, 0.29) is 6.61 Å². The number of hydrogen-bond donors (Lipinski definition) is 1. The third kappa shape index (κ3) is 2.08. The largest absolute Gasteiger partial charge is 0.396 e. The second-order valence-corrected chi connectivity index (χ2v) is 3.49. The minimum Gasteiger partial charge on any atom is -0.396 e. The second-order valence-electron chi connectivity index (χ2n) is 2.64. The molecule has 0 amide bonds. The Morgan fingerprint density at radius 1 is 1.67 bits per heavy atom. The van der Waals surface area contributed by atoms with Crippen molar-refractivity contribution in [3.05, 3.63) is 16.4 Å². The molecule has 0 saturated heterocycles. The average molecular weight is 233 g/mol. The topological polar surface area (TPSA) is 38.0 Å². The van der Waals surface area contributed by atoms with Gasteiger partial charge in [0.05, 0.1) is 16.4 Å². The van der Waals surface area contributed by atoms with Crippen molar-refractivity contribution in [1.82, 2.24) is 9.78 Å². The van der Waals surface area contributed by atoms with Crippen molar-refractivity contribution >= 4 is 15.9 Å². The summed E-state index contributed by atoms with van der Waals surface area (Å²) in [5.41, 5.74) is 1.08. The number of aryl methyl sites for hydroxylation is 1. The standard InChI is InChI=1S/C8H13BrN2O/c1-2-4-11-8(3-5-12)7(9)6-10-11/h6,12H,2-5H2,1H3. The summed E-state index contributed by atoms with van der Waals surface area (Å²) >= 11 is 3.39. The molecule has 1 rings (SSSR count). The summed E-state index contributed by atoms with van der Waals surface area (Å²) < 4.78 is 2.92. The van der Waals surface area contributed by atoms with Crippen LogP contribution in [-0.4, -0.2) is 21.5 Å². The van der Waals surface area contributed by atoms with Gasteiger partial charge in [0.2, 0.25) is 0 Å². The van der Waals surface area contributed by atoms with E-state index < -0.39 is 0 Å². The van der Waals surface area contributed by atoms with Gasteiger partial charge >= 0.3 is 0 Å². The fourth-order valence-corrected chi connectivity index (χ4v) is 1.64. The molecule has 0 aromatic carbocycles. The third-order valence-electron chi connectivity index (χ3n) is 1.68. The van der Waals surface area contributed by atoms with Gasteiger partial charge < -0.3 is 5.11 Å². The average Bonchev–Trinajstić information content (AvgIpc) is 2.37. The van der Waals surface area contributed by atoms with Crippen LogP contribution in [0.2, 0.25) is 0 Å². The van der Waals surface area contributed by atoms with Gasteiger partial charge in [-0.3, -0.25) is 4.68 Å². The van der Waals surface area contributed by atoms with Gasteiger partial charge in [0.15, 0.2) is 0 Å². The number of rotatable bonds is 4. The van der Waals surface area contributed by atoms with E-state index >= 15 is 0 Å². The van der Waals surface area contributed by atoms with E-state index in [2.05, 4.69) is 28.0 Å². The van der Waals surface area contributed by atoms with Crippen molar-refractivity contribution < 1.29 is 5.11 Å². The van der Waals surface area contributed by atoms with Crippen LogP contribution in [0.25, 0.3) is 0 Å². The lowest BCUT2D eigenvalue weighted by Crippen LogP contribution is -2.06. The molecule has 4 heteroatoms. The number of halogens is 1. The smallest absolute Gasteiger partial charge is 0.0635 e. The zero-order chi connectivity index (χ0) is 8.97. The van der Waals surface area contributed by atoms with Crippen LogP contribution in [-0.2, 0) is 13.0 Å². The van der Waals surface area contributed by atoms with Crippen molar-refractivity contribution in [2.24, 2.45) is 0 Å². The van der Waals surface area contributed by atoms with E-state index in [0.717, 1.165) is 23.1 Å². The maximum absolute atomic E-state index is 8.79. The first-order chi connectivity index (χ1) is 5.79. The third-order valence-corrected chi connectivity index (χ3v) is 2.34. The lowest BCUT2D eigenvalue weighted by molar-refractivity contribution is 0.295. The molecule has 0 unspecified atom stereocenters. The highest BCUT2D eigenvalue weighted by molar-refractivity contribution is 9.10. The first-order valence-electron chi connectivity index (χ1n) is 4.10. The molecule has 1 heterocycles. The van der Waals surface area contributed by atoms with E-state index in [0.29, 0.717) is 6.42 Å². The highest BCUT2D eigenvalue weighted by Gasteiger charge is 2.06. The highest BCUT2D eigenvalue weighted by Crippen LogP contribution is 2.16. The van der Waals surface area contributed by atoms with Crippen molar-refractivity contribution in [1.29, 1.82) is 0 Å². The second kappa shape index (κ2) is 4.62. The summed E-state index contributed by atoms with van der Waals surface area (Å²) in [5.74, 6) is 0. The number of aliphatic hydroxyl groups is 1. The lowest BCUT2D eigenvalue weighted by atomic mass is 10.3. The fourth-order valence-electron chi connectivity index (χ4n) is 1.15. The van der Waals surface area contributed by atoms with E-state index in [1.807, 2.05) is 4.68 Å². The molecule has 0 spiro atoms. The molecular formula is C8H13BrN2O. The predicted octanol–water partition coefficient (Wildman–Crippen LogP) is 1.59. The molecule has 0 aliphatic heterocycles. The van der Waals surface area contributed by atoms with Crippen molar-refractivity contribution in [2.75, 3.05) is 6.61 Å². The molecule has 68 valence electrons. The minimum atomic E-state index is 0.175. The van der Waals surface area contributed by atoms with Crippen molar-refractivity contribution in [2.45, 2.75) is 26.3 Å². The first kappa shape index (κ1) is 9.74. The van der Waals surface area contributed by atoms with Gasteiger partial charge in [-0.05, 0) is 22.4 Å². The molecule has 0 aliphatic carbocycles. The van der Waals surface area contributed by atoms with Gasteiger partial charge in [-0.2, -0.15) is 5.10 Å². The van der Waals surface area contributed by atoms with Crippen LogP contribution in [0.5, 0.6) is 0 Å². The molecule has 12 heavy (non-hydrogen) atoms. The van der Waals surface area contributed by atoms with Crippen molar-refractivity contribution in [3.8, 4) is 0 Å². The van der Waals surface area contributed by atoms with Crippen LogP contribution in [0.3, 0.4) is 0 Å². The van der Waals surface area contributed by atoms with Gasteiger partial charge in [0.25, 0.3) is 0 Å². The monoisotopic (exact) mass is 232 g/mol. The summed E-state index contributed by atoms with van der Waals surface area (Å²) in [6, 6.07) is 0. The molecular weight excluding hydrogens is 220 g/mol. The molecule has 0 atom stereocenters. The van der Waals surface area contributed by atoms with Crippen LogP contribution >= 0.6 is 15.9 Å². The first-order valence-corrected chi connectivity index (χ1v) is 4.90. The summed E-state index contributed by atoms with van der Waals surface area (Å²) in [6.45, 7) is 3.20. The Hall–Kier alpha value is -0.350. The van der Waals surface area contributed by atoms with Crippen LogP contribution in [0, 0.1) is 0 Å². The maximum atomic E-state index is 8.79. The summed E-state index contributed by atoms with van der Waals surface area (Å²) in [6.07, 6.45) is 3.51. The van der Waals surface area contributed by atoms with Crippen molar-refractivity contribution in [3.63, 3.8) is 0 Å². The van der Waals surface area contributed by atoms with Gasteiger partial charge in [-0.15, -0.1) is 0 Å². The Kier molecular flexibility index (Phi) is 3.75. The zero-order valence-electron chi connectivity index (χ0n) is 7.13. The molecule has 0 saturated carbocycles. The molecule has 1 aromatic rings.